The SMILES string of the molecule is Cn1ccc(CC(=O)CC(C)(C)C)n1. The highest BCUT2D eigenvalue weighted by atomic mass is 16.1. The van der Waals surface area contributed by atoms with Crippen molar-refractivity contribution in [1.82, 2.24) is 9.78 Å². The lowest BCUT2D eigenvalue weighted by atomic mass is 9.89. The van der Waals surface area contributed by atoms with Crippen LogP contribution in [0.15, 0.2) is 12.3 Å². The van der Waals surface area contributed by atoms with Gasteiger partial charge in [0.25, 0.3) is 0 Å². The third-order valence-corrected chi connectivity index (χ3v) is 1.87. The second kappa shape index (κ2) is 3.95. The first-order valence-corrected chi connectivity index (χ1v) is 4.87. The lowest BCUT2D eigenvalue weighted by Crippen LogP contribution is -2.14. The number of ketones is 1. The molecule has 0 amide bonds. The Hall–Kier alpha value is -1.12. The van der Waals surface area contributed by atoms with E-state index in [0.717, 1.165) is 5.69 Å². The maximum absolute atomic E-state index is 11.6. The van der Waals surface area contributed by atoms with Crippen LogP contribution in [0.1, 0.15) is 32.9 Å². The smallest absolute Gasteiger partial charge is 0.139 e. The van der Waals surface area contributed by atoms with Crippen molar-refractivity contribution in [2.45, 2.75) is 33.6 Å². The third kappa shape index (κ3) is 3.73. The molecule has 1 heterocycles. The van der Waals surface area contributed by atoms with Gasteiger partial charge in [-0.3, -0.25) is 9.48 Å². The Kier molecular flexibility index (Phi) is 3.09. The first kappa shape index (κ1) is 11.0. The molecule has 0 atom stereocenters. The number of aryl methyl sites for hydroxylation is 1. The fraction of sp³-hybridized carbons (Fsp3) is 0.636. The van der Waals surface area contributed by atoms with Crippen molar-refractivity contribution in [1.29, 1.82) is 0 Å². The molecule has 0 saturated carbocycles. The van der Waals surface area contributed by atoms with Gasteiger partial charge in [-0.25, -0.2) is 0 Å². The summed E-state index contributed by atoms with van der Waals surface area (Å²) < 4.78 is 1.72. The maximum Gasteiger partial charge on any atom is 0.139 e. The minimum Gasteiger partial charge on any atom is -0.299 e. The van der Waals surface area contributed by atoms with Crippen molar-refractivity contribution >= 4 is 5.78 Å². The fourth-order valence-corrected chi connectivity index (χ4v) is 1.41. The molecule has 0 radical (unpaired) electrons. The van der Waals surface area contributed by atoms with Crippen LogP contribution in [0.3, 0.4) is 0 Å². The average molecular weight is 194 g/mol. The molecule has 78 valence electrons. The first-order valence-electron chi connectivity index (χ1n) is 4.87. The lowest BCUT2D eigenvalue weighted by molar-refractivity contribution is -0.120. The van der Waals surface area contributed by atoms with Gasteiger partial charge in [0.1, 0.15) is 5.78 Å². The van der Waals surface area contributed by atoms with Gasteiger partial charge in [-0.05, 0) is 11.5 Å². The van der Waals surface area contributed by atoms with E-state index in [2.05, 4.69) is 25.9 Å². The van der Waals surface area contributed by atoms with E-state index in [1.165, 1.54) is 0 Å². The molecule has 3 nitrogen and oxygen atoms in total. The normalized spacial score (nSPS) is 11.7. The molecule has 14 heavy (non-hydrogen) atoms. The average Bonchev–Trinajstić information content (AvgIpc) is 2.30. The van der Waals surface area contributed by atoms with Crippen LogP contribution in [-0.4, -0.2) is 15.6 Å². The molecule has 1 aromatic heterocycles. The van der Waals surface area contributed by atoms with Crippen LogP contribution in [0.25, 0.3) is 0 Å². The van der Waals surface area contributed by atoms with Gasteiger partial charge < -0.3 is 0 Å². The maximum atomic E-state index is 11.6. The molecule has 3 heteroatoms. The van der Waals surface area contributed by atoms with Crippen molar-refractivity contribution in [2.75, 3.05) is 0 Å². The second-order valence-corrected chi connectivity index (χ2v) is 4.93. The zero-order chi connectivity index (χ0) is 10.8. The molecule has 0 spiro atoms. The van der Waals surface area contributed by atoms with Crippen molar-refractivity contribution in [3.05, 3.63) is 18.0 Å². The molecule has 0 aliphatic rings. The number of aromatic nitrogens is 2. The highest BCUT2D eigenvalue weighted by Crippen LogP contribution is 2.19. The summed E-state index contributed by atoms with van der Waals surface area (Å²) in [5.74, 6) is 0.260. The molecule has 0 saturated heterocycles. The number of hydrogen-bond donors (Lipinski definition) is 0. The van der Waals surface area contributed by atoms with E-state index < -0.39 is 0 Å². The Morgan fingerprint density at radius 1 is 1.50 bits per heavy atom. The number of carbonyl (C=O) groups is 1. The number of carbonyl (C=O) groups excluding carboxylic acids is 1. The fourth-order valence-electron chi connectivity index (χ4n) is 1.41. The van der Waals surface area contributed by atoms with E-state index >= 15 is 0 Å². The molecule has 0 fully saturated rings. The molecule has 0 aliphatic heterocycles. The molecule has 1 aromatic rings. The highest BCUT2D eigenvalue weighted by molar-refractivity contribution is 5.80. The summed E-state index contributed by atoms with van der Waals surface area (Å²) in [5.41, 5.74) is 0.938. The van der Waals surface area contributed by atoms with Crippen LogP contribution in [0.4, 0.5) is 0 Å². The summed E-state index contributed by atoms with van der Waals surface area (Å²) in [7, 11) is 1.86. The topological polar surface area (TPSA) is 34.9 Å². The number of hydrogen-bond acceptors (Lipinski definition) is 2. The van der Waals surface area contributed by atoms with Crippen LogP contribution in [0.5, 0.6) is 0 Å². The first-order chi connectivity index (χ1) is 6.37. The predicted octanol–water partition coefficient (Wildman–Crippen LogP) is 1.97. The predicted molar refractivity (Wildman–Crippen MR) is 56.0 cm³/mol. The summed E-state index contributed by atoms with van der Waals surface area (Å²) in [4.78, 5) is 11.6. The number of nitrogens with zero attached hydrogens (tertiary/aromatic N) is 2. The summed E-state index contributed by atoms with van der Waals surface area (Å²) in [5, 5.41) is 4.18. The van der Waals surface area contributed by atoms with E-state index in [-0.39, 0.29) is 11.2 Å². The molecule has 0 aromatic carbocycles. The summed E-state index contributed by atoms with van der Waals surface area (Å²) in [6, 6.07) is 1.89. The van der Waals surface area contributed by atoms with Crippen molar-refractivity contribution in [2.24, 2.45) is 12.5 Å². The van der Waals surface area contributed by atoms with E-state index in [4.69, 9.17) is 0 Å². The summed E-state index contributed by atoms with van der Waals surface area (Å²) >= 11 is 0. The number of rotatable bonds is 3. The van der Waals surface area contributed by atoms with Gasteiger partial charge in [0.2, 0.25) is 0 Å². The third-order valence-electron chi connectivity index (χ3n) is 1.87. The monoisotopic (exact) mass is 194 g/mol. The largest absolute Gasteiger partial charge is 0.299 e. The molecular weight excluding hydrogens is 176 g/mol. The molecule has 0 unspecified atom stereocenters. The van der Waals surface area contributed by atoms with E-state index in [0.29, 0.717) is 12.8 Å². The van der Waals surface area contributed by atoms with Crippen LogP contribution < -0.4 is 0 Å². The van der Waals surface area contributed by atoms with Crippen molar-refractivity contribution < 1.29 is 4.79 Å². The van der Waals surface area contributed by atoms with Gasteiger partial charge in [0.05, 0.1) is 12.1 Å². The molecule has 0 aliphatic carbocycles. The van der Waals surface area contributed by atoms with Gasteiger partial charge in [-0.15, -0.1) is 0 Å². The molecule has 0 N–H and O–H groups in total. The quantitative estimate of drug-likeness (QED) is 0.737. The minimum atomic E-state index is 0.0753. The van der Waals surface area contributed by atoms with Crippen LogP contribution >= 0.6 is 0 Å². The highest BCUT2D eigenvalue weighted by Gasteiger charge is 2.16. The molecule has 0 bridgehead atoms. The molecular formula is C11H18N2O. The Bertz CT molecular complexity index is 320. The Labute approximate surface area is 85.1 Å². The zero-order valence-corrected chi connectivity index (χ0v) is 9.37. The van der Waals surface area contributed by atoms with Gasteiger partial charge in [0.15, 0.2) is 0 Å². The summed E-state index contributed by atoms with van der Waals surface area (Å²) in [6.07, 6.45) is 2.93. The van der Waals surface area contributed by atoms with Crippen LogP contribution in [0.2, 0.25) is 0 Å². The second-order valence-electron chi connectivity index (χ2n) is 4.93. The van der Waals surface area contributed by atoms with Crippen LogP contribution in [-0.2, 0) is 18.3 Å². The van der Waals surface area contributed by atoms with Gasteiger partial charge in [-0.1, -0.05) is 20.8 Å². The van der Waals surface area contributed by atoms with Crippen molar-refractivity contribution in [3.8, 4) is 0 Å². The Morgan fingerprint density at radius 2 is 2.14 bits per heavy atom. The summed E-state index contributed by atoms with van der Waals surface area (Å²) in [6.45, 7) is 6.22. The van der Waals surface area contributed by atoms with Gasteiger partial charge in [-0.2, -0.15) is 5.10 Å². The standard InChI is InChI=1S/C11H18N2O/c1-11(2,3)8-10(14)7-9-5-6-13(4)12-9/h5-6H,7-8H2,1-4H3. The number of Topliss-reactive ketones (excluding diaryl/α,β-unsaturated/α-hetero) is 1. The Morgan fingerprint density at radius 3 is 2.57 bits per heavy atom. The van der Waals surface area contributed by atoms with E-state index in [1.807, 2.05) is 19.3 Å². The van der Waals surface area contributed by atoms with Crippen molar-refractivity contribution in [3.63, 3.8) is 0 Å². The molecule has 1 rings (SSSR count). The van der Waals surface area contributed by atoms with Gasteiger partial charge in [0, 0.05) is 19.7 Å². The van der Waals surface area contributed by atoms with Crippen LogP contribution in [0, 0.1) is 5.41 Å². The van der Waals surface area contributed by atoms with E-state index in [9.17, 15) is 4.79 Å². The van der Waals surface area contributed by atoms with Gasteiger partial charge >= 0.3 is 0 Å². The lowest BCUT2D eigenvalue weighted by Gasteiger charge is -2.16. The Balaban J connectivity index is 2.50. The minimum absolute atomic E-state index is 0.0753. The zero-order valence-electron chi connectivity index (χ0n) is 9.37. The van der Waals surface area contributed by atoms with E-state index in [1.54, 1.807) is 4.68 Å².